The Kier molecular flexibility index (Phi) is 5.36. The van der Waals surface area contributed by atoms with Crippen LogP contribution >= 0.6 is 0 Å². The van der Waals surface area contributed by atoms with Crippen molar-refractivity contribution in [2.75, 3.05) is 39.3 Å². The molecule has 16 heavy (non-hydrogen) atoms. The molecule has 2 heteroatoms. The van der Waals surface area contributed by atoms with Crippen LogP contribution in [0.5, 0.6) is 0 Å². The summed E-state index contributed by atoms with van der Waals surface area (Å²) in [6, 6.07) is 0. The predicted molar refractivity (Wildman–Crippen MR) is 69.7 cm³/mol. The van der Waals surface area contributed by atoms with Crippen LogP contribution < -0.4 is 0 Å². The average molecular weight is 222 g/mol. The predicted octanol–water partition coefficient (Wildman–Crippen LogP) is 2.51. The molecule has 0 amide bonds. The Morgan fingerprint density at radius 3 is 1.31 bits per heavy atom. The van der Waals surface area contributed by atoms with Gasteiger partial charge in [-0.15, -0.1) is 0 Å². The molecule has 0 bridgehead atoms. The van der Waals surface area contributed by atoms with E-state index in [9.17, 15) is 0 Å². The molecule has 2 rings (SSSR count). The molecule has 2 heterocycles. The second kappa shape index (κ2) is 7.08. The second-order valence-corrected chi connectivity index (χ2v) is 5.19. The number of hydrogen-bond acceptors (Lipinski definition) is 2. The lowest BCUT2D eigenvalue weighted by Crippen LogP contribution is -2.31. The first-order valence-corrected chi connectivity index (χ1v) is 7.05. The van der Waals surface area contributed by atoms with Gasteiger partial charge < -0.3 is 0 Å². The third kappa shape index (κ3) is 4.26. The first-order chi connectivity index (χ1) is 7.95. The molecule has 2 aliphatic rings. The van der Waals surface area contributed by atoms with E-state index in [0.29, 0.717) is 0 Å². The highest BCUT2D eigenvalue weighted by Gasteiger charge is 2.09. The Hall–Kier alpha value is -0.340. The van der Waals surface area contributed by atoms with Crippen LogP contribution in [0.4, 0.5) is 0 Å². The van der Waals surface area contributed by atoms with E-state index >= 15 is 0 Å². The van der Waals surface area contributed by atoms with Gasteiger partial charge in [0.15, 0.2) is 0 Å². The Labute approximate surface area is 100 Å². The van der Waals surface area contributed by atoms with Crippen LogP contribution in [0.2, 0.25) is 0 Å². The Morgan fingerprint density at radius 1 is 0.562 bits per heavy atom. The number of nitrogens with zero attached hydrogens (tertiary/aromatic N) is 2. The van der Waals surface area contributed by atoms with Gasteiger partial charge >= 0.3 is 0 Å². The molecule has 2 nitrogen and oxygen atoms in total. The summed E-state index contributed by atoms with van der Waals surface area (Å²) < 4.78 is 0. The van der Waals surface area contributed by atoms with Gasteiger partial charge in [-0.25, -0.2) is 0 Å². The van der Waals surface area contributed by atoms with Gasteiger partial charge in [-0.1, -0.05) is 25.0 Å². The lowest BCUT2D eigenvalue weighted by atomic mass is 10.1. The topological polar surface area (TPSA) is 6.48 Å². The molecular weight excluding hydrogens is 196 g/mol. The molecule has 0 saturated carbocycles. The minimum absolute atomic E-state index is 1.17. The van der Waals surface area contributed by atoms with E-state index in [2.05, 4.69) is 22.0 Å². The van der Waals surface area contributed by atoms with Crippen LogP contribution in [0.3, 0.4) is 0 Å². The van der Waals surface area contributed by atoms with Crippen molar-refractivity contribution in [3.63, 3.8) is 0 Å². The molecule has 92 valence electrons. The molecule has 0 aromatic rings. The third-order valence-electron chi connectivity index (χ3n) is 3.79. The van der Waals surface area contributed by atoms with E-state index in [0.717, 1.165) is 0 Å². The molecule has 0 spiro atoms. The lowest BCUT2D eigenvalue weighted by molar-refractivity contribution is 0.245. The zero-order valence-corrected chi connectivity index (χ0v) is 10.5. The van der Waals surface area contributed by atoms with Gasteiger partial charge in [-0.2, -0.15) is 0 Å². The van der Waals surface area contributed by atoms with E-state index in [1.54, 1.807) is 0 Å². The summed E-state index contributed by atoms with van der Waals surface area (Å²) >= 11 is 0. The van der Waals surface area contributed by atoms with Crippen LogP contribution in [0, 0.1) is 0 Å². The largest absolute Gasteiger partial charge is 0.300 e. The highest BCUT2D eigenvalue weighted by molar-refractivity contribution is 4.88. The summed E-state index contributed by atoms with van der Waals surface area (Å²) in [6.07, 6.45) is 13.2. The summed E-state index contributed by atoms with van der Waals surface area (Å²) in [5.41, 5.74) is 0. The van der Waals surface area contributed by atoms with E-state index in [4.69, 9.17) is 0 Å². The minimum atomic E-state index is 1.17. The zero-order valence-electron chi connectivity index (χ0n) is 10.5. The summed E-state index contributed by atoms with van der Waals surface area (Å²) in [5, 5.41) is 0. The Morgan fingerprint density at radius 2 is 0.938 bits per heavy atom. The van der Waals surface area contributed by atoms with Gasteiger partial charge in [-0.3, -0.25) is 9.80 Å². The van der Waals surface area contributed by atoms with E-state index in [1.165, 1.54) is 77.8 Å². The summed E-state index contributed by atoms with van der Waals surface area (Å²) in [4.78, 5) is 5.16. The normalized spacial score (nSPS) is 25.2. The molecule has 2 saturated heterocycles. The SMILES string of the molecule is C(=CCN1CCCCC1)CN1CCCCC1. The number of likely N-dealkylation sites (tertiary alicyclic amines) is 2. The summed E-state index contributed by atoms with van der Waals surface area (Å²) in [6.45, 7) is 7.60. The van der Waals surface area contributed by atoms with Crippen molar-refractivity contribution in [2.24, 2.45) is 0 Å². The van der Waals surface area contributed by atoms with Gasteiger partial charge in [0.2, 0.25) is 0 Å². The maximum atomic E-state index is 2.58. The van der Waals surface area contributed by atoms with Crippen molar-refractivity contribution in [1.29, 1.82) is 0 Å². The molecule has 0 N–H and O–H groups in total. The highest BCUT2D eigenvalue weighted by Crippen LogP contribution is 2.09. The maximum Gasteiger partial charge on any atom is 0.0163 e. The molecule has 0 unspecified atom stereocenters. The fourth-order valence-corrected chi connectivity index (χ4v) is 2.73. The fraction of sp³-hybridized carbons (Fsp3) is 0.857. The molecule has 2 fully saturated rings. The molecule has 0 radical (unpaired) electrons. The van der Waals surface area contributed by atoms with Crippen molar-refractivity contribution in [3.8, 4) is 0 Å². The fourth-order valence-electron chi connectivity index (χ4n) is 2.73. The van der Waals surface area contributed by atoms with Gasteiger partial charge in [-0.05, 0) is 51.9 Å². The second-order valence-electron chi connectivity index (χ2n) is 5.19. The Balaban J connectivity index is 1.57. The van der Waals surface area contributed by atoms with Crippen LogP contribution in [0.1, 0.15) is 38.5 Å². The summed E-state index contributed by atoms with van der Waals surface area (Å²) in [7, 11) is 0. The number of hydrogen-bond donors (Lipinski definition) is 0. The minimum Gasteiger partial charge on any atom is -0.300 e. The number of piperidine rings is 2. The van der Waals surface area contributed by atoms with Gasteiger partial charge in [0.1, 0.15) is 0 Å². The van der Waals surface area contributed by atoms with Crippen molar-refractivity contribution in [3.05, 3.63) is 12.2 Å². The molecule has 0 atom stereocenters. The average Bonchev–Trinajstić information content (AvgIpc) is 2.37. The monoisotopic (exact) mass is 222 g/mol. The van der Waals surface area contributed by atoms with Crippen LogP contribution in [0.15, 0.2) is 12.2 Å². The van der Waals surface area contributed by atoms with Gasteiger partial charge in [0.25, 0.3) is 0 Å². The standard InChI is InChI=1S/C14H26N2/c1-3-9-15(10-4-1)13-7-8-14-16-11-5-2-6-12-16/h7-8H,1-6,9-14H2. The van der Waals surface area contributed by atoms with Crippen molar-refractivity contribution < 1.29 is 0 Å². The lowest BCUT2D eigenvalue weighted by Gasteiger charge is -2.26. The molecule has 0 aliphatic carbocycles. The molecule has 0 aromatic carbocycles. The zero-order chi connectivity index (χ0) is 11.1. The first-order valence-electron chi connectivity index (χ1n) is 7.05. The quantitative estimate of drug-likeness (QED) is 0.674. The molecule has 0 aromatic heterocycles. The smallest absolute Gasteiger partial charge is 0.0163 e. The van der Waals surface area contributed by atoms with Crippen molar-refractivity contribution >= 4 is 0 Å². The number of rotatable bonds is 4. The van der Waals surface area contributed by atoms with Crippen LogP contribution in [0.25, 0.3) is 0 Å². The molecule has 2 aliphatic heterocycles. The van der Waals surface area contributed by atoms with Crippen molar-refractivity contribution in [2.45, 2.75) is 38.5 Å². The van der Waals surface area contributed by atoms with E-state index < -0.39 is 0 Å². The highest BCUT2D eigenvalue weighted by atomic mass is 15.1. The maximum absolute atomic E-state index is 2.58. The van der Waals surface area contributed by atoms with Gasteiger partial charge in [0.05, 0.1) is 0 Å². The summed E-state index contributed by atoms with van der Waals surface area (Å²) in [5.74, 6) is 0. The van der Waals surface area contributed by atoms with Crippen LogP contribution in [-0.4, -0.2) is 49.1 Å². The van der Waals surface area contributed by atoms with E-state index in [1.807, 2.05) is 0 Å². The van der Waals surface area contributed by atoms with Gasteiger partial charge in [0, 0.05) is 13.1 Å². The first kappa shape index (κ1) is 12.1. The van der Waals surface area contributed by atoms with Crippen molar-refractivity contribution in [1.82, 2.24) is 9.80 Å². The third-order valence-corrected chi connectivity index (χ3v) is 3.79. The molecular formula is C14H26N2. The van der Waals surface area contributed by atoms with E-state index in [-0.39, 0.29) is 0 Å². The Bertz CT molecular complexity index is 179. The van der Waals surface area contributed by atoms with Crippen LogP contribution in [-0.2, 0) is 0 Å².